The first-order chi connectivity index (χ1) is 9.04. The SMILES string of the molecule is CCc1nn(C)c(NC(C)c2ccccc2Cl)c1N. The lowest BCUT2D eigenvalue weighted by Crippen LogP contribution is -2.11. The molecule has 19 heavy (non-hydrogen) atoms. The van der Waals surface area contributed by atoms with Crippen LogP contribution in [-0.2, 0) is 13.5 Å². The van der Waals surface area contributed by atoms with Crippen LogP contribution in [0.4, 0.5) is 11.5 Å². The summed E-state index contributed by atoms with van der Waals surface area (Å²) < 4.78 is 1.78. The maximum Gasteiger partial charge on any atom is 0.148 e. The molecule has 0 aliphatic carbocycles. The van der Waals surface area contributed by atoms with Crippen LogP contribution in [0, 0.1) is 0 Å². The van der Waals surface area contributed by atoms with Crippen LogP contribution in [0.15, 0.2) is 24.3 Å². The van der Waals surface area contributed by atoms with E-state index in [1.54, 1.807) is 4.68 Å². The van der Waals surface area contributed by atoms with Crippen molar-refractivity contribution < 1.29 is 0 Å². The van der Waals surface area contributed by atoms with E-state index in [0.717, 1.165) is 28.5 Å². The fourth-order valence-electron chi connectivity index (χ4n) is 2.14. The second-order valence-corrected chi connectivity index (χ2v) is 4.98. The van der Waals surface area contributed by atoms with Crippen molar-refractivity contribution in [1.82, 2.24) is 9.78 Å². The number of benzene rings is 1. The molecule has 0 saturated carbocycles. The summed E-state index contributed by atoms with van der Waals surface area (Å²) in [5.41, 5.74) is 8.77. The van der Waals surface area contributed by atoms with Gasteiger partial charge in [-0.3, -0.25) is 4.68 Å². The Morgan fingerprint density at radius 1 is 1.42 bits per heavy atom. The van der Waals surface area contributed by atoms with Crippen LogP contribution in [0.25, 0.3) is 0 Å². The van der Waals surface area contributed by atoms with E-state index in [-0.39, 0.29) is 6.04 Å². The molecule has 5 heteroatoms. The number of anilines is 2. The maximum absolute atomic E-state index is 6.20. The lowest BCUT2D eigenvalue weighted by molar-refractivity contribution is 0.735. The lowest BCUT2D eigenvalue weighted by atomic mass is 10.1. The molecule has 0 aliphatic rings. The van der Waals surface area contributed by atoms with E-state index < -0.39 is 0 Å². The van der Waals surface area contributed by atoms with Crippen molar-refractivity contribution in [2.24, 2.45) is 7.05 Å². The molecular formula is C14H19ClN4. The van der Waals surface area contributed by atoms with Crippen molar-refractivity contribution in [2.75, 3.05) is 11.1 Å². The number of hydrogen-bond acceptors (Lipinski definition) is 3. The van der Waals surface area contributed by atoms with Crippen LogP contribution < -0.4 is 11.1 Å². The average molecular weight is 279 g/mol. The Labute approximate surface area is 118 Å². The predicted octanol–water partition coefficient (Wildman–Crippen LogP) is 3.39. The van der Waals surface area contributed by atoms with Gasteiger partial charge in [0, 0.05) is 12.1 Å². The summed E-state index contributed by atoms with van der Waals surface area (Å²) in [7, 11) is 1.89. The number of halogens is 1. The molecule has 1 heterocycles. The first-order valence-corrected chi connectivity index (χ1v) is 6.74. The third kappa shape index (κ3) is 2.68. The third-order valence-electron chi connectivity index (χ3n) is 3.22. The Morgan fingerprint density at radius 3 is 2.68 bits per heavy atom. The van der Waals surface area contributed by atoms with Crippen molar-refractivity contribution in [2.45, 2.75) is 26.3 Å². The number of hydrogen-bond donors (Lipinski definition) is 2. The first kappa shape index (κ1) is 13.7. The molecule has 0 saturated heterocycles. The van der Waals surface area contributed by atoms with Gasteiger partial charge in [-0.15, -0.1) is 0 Å². The molecule has 0 spiro atoms. The zero-order chi connectivity index (χ0) is 14.0. The van der Waals surface area contributed by atoms with Crippen LogP contribution in [0.1, 0.15) is 31.1 Å². The number of nitrogen functional groups attached to an aromatic ring is 1. The fourth-order valence-corrected chi connectivity index (χ4v) is 2.44. The largest absolute Gasteiger partial charge is 0.394 e. The Morgan fingerprint density at radius 2 is 2.11 bits per heavy atom. The molecular weight excluding hydrogens is 260 g/mol. The summed E-state index contributed by atoms with van der Waals surface area (Å²) in [6.07, 6.45) is 0.821. The van der Waals surface area contributed by atoms with E-state index in [0.29, 0.717) is 5.69 Å². The van der Waals surface area contributed by atoms with Crippen molar-refractivity contribution in [3.63, 3.8) is 0 Å². The van der Waals surface area contributed by atoms with Gasteiger partial charge < -0.3 is 11.1 Å². The molecule has 2 aromatic rings. The molecule has 1 aromatic carbocycles. The normalized spacial score (nSPS) is 12.4. The van der Waals surface area contributed by atoms with Gasteiger partial charge in [0.2, 0.25) is 0 Å². The van der Waals surface area contributed by atoms with Crippen molar-refractivity contribution in [1.29, 1.82) is 0 Å². The summed E-state index contributed by atoms with van der Waals surface area (Å²) in [6.45, 7) is 4.10. The standard InChI is InChI=1S/C14H19ClN4/c1-4-12-13(16)14(19(3)18-12)17-9(2)10-7-5-6-8-11(10)15/h5-9,17H,4,16H2,1-3H3. The fraction of sp³-hybridized carbons (Fsp3) is 0.357. The van der Waals surface area contributed by atoms with Gasteiger partial charge in [0.15, 0.2) is 0 Å². The van der Waals surface area contributed by atoms with Gasteiger partial charge in [0.05, 0.1) is 17.4 Å². The minimum atomic E-state index is 0.0658. The molecule has 1 atom stereocenters. The van der Waals surface area contributed by atoms with E-state index in [9.17, 15) is 0 Å². The average Bonchev–Trinajstić information content (AvgIpc) is 2.66. The first-order valence-electron chi connectivity index (χ1n) is 6.36. The maximum atomic E-state index is 6.20. The van der Waals surface area contributed by atoms with Gasteiger partial charge in [0.1, 0.15) is 5.82 Å². The van der Waals surface area contributed by atoms with Crippen molar-refractivity contribution >= 4 is 23.1 Å². The number of rotatable bonds is 4. The lowest BCUT2D eigenvalue weighted by Gasteiger charge is -2.17. The van der Waals surface area contributed by atoms with Gasteiger partial charge in [0.25, 0.3) is 0 Å². The Balaban J connectivity index is 2.27. The summed E-state index contributed by atoms with van der Waals surface area (Å²) in [6, 6.07) is 7.86. The van der Waals surface area contributed by atoms with Crippen LogP contribution in [0.5, 0.6) is 0 Å². The Kier molecular flexibility index (Phi) is 4.00. The van der Waals surface area contributed by atoms with Crippen molar-refractivity contribution in [3.8, 4) is 0 Å². The predicted molar refractivity (Wildman–Crippen MR) is 80.5 cm³/mol. The molecule has 0 aliphatic heterocycles. The molecule has 2 rings (SSSR count). The van der Waals surface area contributed by atoms with Crippen molar-refractivity contribution in [3.05, 3.63) is 40.5 Å². The van der Waals surface area contributed by atoms with Gasteiger partial charge in [-0.05, 0) is 25.0 Å². The molecule has 1 unspecified atom stereocenters. The number of nitrogens with zero attached hydrogens (tertiary/aromatic N) is 2. The Bertz CT molecular complexity index is 577. The smallest absolute Gasteiger partial charge is 0.148 e. The minimum absolute atomic E-state index is 0.0658. The van der Waals surface area contributed by atoms with Crippen LogP contribution in [0.3, 0.4) is 0 Å². The second-order valence-electron chi connectivity index (χ2n) is 4.57. The van der Waals surface area contributed by atoms with Gasteiger partial charge in [-0.25, -0.2) is 0 Å². The molecule has 102 valence electrons. The minimum Gasteiger partial charge on any atom is -0.394 e. The van der Waals surface area contributed by atoms with E-state index in [4.69, 9.17) is 17.3 Å². The number of aromatic nitrogens is 2. The monoisotopic (exact) mass is 278 g/mol. The van der Waals surface area contributed by atoms with E-state index in [1.807, 2.05) is 38.2 Å². The summed E-state index contributed by atoms with van der Waals surface area (Å²) in [5.74, 6) is 0.837. The molecule has 0 amide bonds. The van der Waals surface area contributed by atoms with E-state index >= 15 is 0 Å². The summed E-state index contributed by atoms with van der Waals surface area (Å²) in [5, 5.41) is 8.52. The van der Waals surface area contributed by atoms with Gasteiger partial charge in [-0.1, -0.05) is 36.7 Å². The highest BCUT2D eigenvalue weighted by Gasteiger charge is 2.16. The zero-order valence-corrected chi connectivity index (χ0v) is 12.2. The third-order valence-corrected chi connectivity index (χ3v) is 3.56. The number of nitrogens with one attached hydrogen (secondary N) is 1. The summed E-state index contributed by atoms with van der Waals surface area (Å²) in [4.78, 5) is 0. The highest BCUT2D eigenvalue weighted by Crippen LogP contribution is 2.29. The number of nitrogens with two attached hydrogens (primary N) is 1. The highest BCUT2D eigenvalue weighted by atomic mass is 35.5. The van der Waals surface area contributed by atoms with Gasteiger partial charge >= 0.3 is 0 Å². The molecule has 0 radical (unpaired) electrons. The van der Waals surface area contributed by atoms with Crippen LogP contribution >= 0.6 is 11.6 Å². The van der Waals surface area contributed by atoms with Crippen LogP contribution in [-0.4, -0.2) is 9.78 Å². The highest BCUT2D eigenvalue weighted by molar-refractivity contribution is 6.31. The molecule has 4 nitrogen and oxygen atoms in total. The number of aryl methyl sites for hydroxylation is 2. The van der Waals surface area contributed by atoms with E-state index in [1.165, 1.54) is 0 Å². The van der Waals surface area contributed by atoms with Crippen LogP contribution in [0.2, 0.25) is 5.02 Å². The molecule has 3 N–H and O–H groups in total. The summed E-state index contributed by atoms with van der Waals surface area (Å²) >= 11 is 6.20. The molecule has 1 aromatic heterocycles. The second kappa shape index (κ2) is 5.53. The quantitative estimate of drug-likeness (QED) is 0.901. The van der Waals surface area contributed by atoms with Gasteiger partial charge in [-0.2, -0.15) is 5.10 Å². The topological polar surface area (TPSA) is 55.9 Å². The zero-order valence-electron chi connectivity index (χ0n) is 11.4. The Hall–Kier alpha value is -1.68. The molecule has 0 bridgehead atoms. The van der Waals surface area contributed by atoms with E-state index in [2.05, 4.69) is 17.3 Å². The molecule has 0 fully saturated rings.